The minimum absolute atomic E-state index is 0.721. The van der Waals surface area contributed by atoms with Gasteiger partial charge in [-0.2, -0.15) is 0 Å². The van der Waals surface area contributed by atoms with Crippen LogP contribution in [0.15, 0.2) is 0 Å². The molecule has 0 spiro atoms. The van der Waals surface area contributed by atoms with Gasteiger partial charge in [0, 0.05) is 19.1 Å². The first-order valence-corrected chi connectivity index (χ1v) is 7.40. The topological polar surface area (TPSA) is 36.5 Å². The molecule has 4 heteroatoms. The first kappa shape index (κ1) is 15.9. The summed E-state index contributed by atoms with van der Waals surface area (Å²) >= 11 is 0. The van der Waals surface area contributed by atoms with Crippen molar-refractivity contribution in [2.24, 2.45) is 5.92 Å². The van der Waals surface area contributed by atoms with E-state index in [9.17, 15) is 0 Å². The van der Waals surface area contributed by atoms with Gasteiger partial charge in [0.1, 0.15) is 0 Å². The van der Waals surface area contributed by atoms with E-state index in [-0.39, 0.29) is 0 Å². The smallest absolute Gasteiger partial charge is 0.0594 e. The van der Waals surface area contributed by atoms with Gasteiger partial charge in [-0.05, 0) is 45.4 Å². The predicted molar refractivity (Wildman–Crippen MR) is 77.0 cm³/mol. The van der Waals surface area contributed by atoms with Crippen LogP contribution in [0.4, 0.5) is 0 Å². The number of nitrogens with one attached hydrogen (secondary N) is 2. The Labute approximate surface area is 112 Å². The second-order valence-corrected chi connectivity index (χ2v) is 5.61. The standard InChI is InChI=1S/C14H31N3O/c1-13(2)12-16-6-10-18-11-9-17-7-4-14(15-3)5-8-17/h13-16H,4-12H2,1-3H3. The van der Waals surface area contributed by atoms with E-state index in [4.69, 9.17) is 4.74 Å². The van der Waals surface area contributed by atoms with Crippen LogP contribution in [0.3, 0.4) is 0 Å². The largest absolute Gasteiger partial charge is 0.379 e. The molecule has 18 heavy (non-hydrogen) atoms. The summed E-state index contributed by atoms with van der Waals surface area (Å²) in [6.45, 7) is 11.7. The lowest BCUT2D eigenvalue weighted by molar-refractivity contribution is 0.0934. The Bertz CT molecular complexity index is 191. The van der Waals surface area contributed by atoms with E-state index >= 15 is 0 Å². The van der Waals surface area contributed by atoms with E-state index < -0.39 is 0 Å². The van der Waals surface area contributed by atoms with Crippen molar-refractivity contribution < 1.29 is 4.74 Å². The molecule has 1 saturated heterocycles. The normalized spacial score (nSPS) is 18.7. The van der Waals surface area contributed by atoms with Crippen LogP contribution in [0.25, 0.3) is 0 Å². The van der Waals surface area contributed by atoms with E-state index in [0.717, 1.165) is 44.8 Å². The van der Waals surface area contributed by atoms with Crippen molar-refractivity contribution in [2.75, 3.05) is 53.0 Å². The van der Waals surface area contributed by atoms with E-state index in [2.05, 4.69) is 36.4 Å². The van der Waals surface area contributed by atoms with Crippen molar-refractivity contribution in [3.63, 3.8) is 0 Å². The minimum Gasteiger partial charge on any atom is -0.379 e. The van der Waals surface area contributed by atoms with E-state index in [1.54, 1.807) is 0 Å². The van der Waals surface area contributed by atoms with Crippen molar-refractivity contribution in [1.29, 1.82) is 0 Å². The van der Waals surface area contributed by atoms with Crippen LogP contribution >= 0.6 is 0 Å². The van der Waals surface area contributed by atoms with Gasteiger partial charge in [0.05, 0.1) is 13.2 Å². The lowest BCUT2D eigenvalue weighted by Gasteiger charge is -2.31. The number of nitrogens with zero attached hydrogens (tertiary/aromatic N) is 1. The Morgan fingerprint density at radius 3 is 2.56 bits per heavy atom. The van der Waals surface area contributed by atoms with Crippen LogP contribution in [-0.2, 0) is 4.74 Å². The number of rotatable bonds is 9. The highest BCUT2D eigenvalue weighted by Gasteiger charge is 2.16. The Hall–Kier alpha value is -0.160. The lowest BCUT2D eigenvalue weighted by Crippen LogP contribution is -2.42. The molecule has 0 aromatic heterocycles. The number of hydrogen-bond donors (Lipinski definition) is 2. The second kappa shape index (κ2) is 9.73. The third kappa shape index (κ3) is 7.31. The molecule has 0 amide bonds. The van der Waals surface area contributed by atoms with Crippen LogP contribution in [0, 0.1) is 5.92 Å². The Morgan fingerprint density at radius 1 is 1.22 bits per heavy atom. The molecule has 1 aliphatic rings. The highest BCUT2D eigenvalue weighted by atomic mass is 16.5. The van der Waals surface area contributed by atoms with Crippen LogP contribution in [0.1, 0.15) is 26.7 Å². The Kier molecular flexibility index (Phi) is 8.59. The number of hydrogen-bond acceptors (Lipinski definition) is 4. The second-order valence-electron chi connectivity index (χ2n) is 5.61. The van der Waals surface area contributed by atoms with Gasteiger partial charge in [-0.15, -0.1) is 0 Å². The van der Waals surface area contributed by atoms with Gasteiger partial charge in [0.15, 0.2) is 0 Å². The summed E-state index contributed by atoms with van der Waals surface area (Å²) in [5.74, 6) is 0.721. The van der Waals surface area contributed by atoms with Gasteiger partial charge < -0.3 is 20.3 Å². The van der Waals surface area contributed by atoms with Crippen LogP contribution in [0.2, 0.25) is 0 Å². The van der Waals surface area contributed by atoms with Gasteiger partial charge in [-0.25, -0.2) is 0 Å². The molecule has 0 aliphatic carbocycles. The van der Waals surface area contributed by atoms with Gasteiger partial charge in [0.25, 0.3) is 0 Å². The van der Waals surface area contributed by atoms with Crippen molar-refractivity contribution >= 4 is 0 Å². The van der Waals surface area contributed by atoms with Crippen molar-refractivity contribution in [3.05, 3.63) is 0 Å². The van der Waals surface area contributed by atoms with Crippen LogP contribution in [-0.4, -0.2) is 63.9 Å². The molecule has 1 fully saturated rings. The maximum atomic E-state index is 5.65. The Balaban J connectivity index is 1.86. The molecule has 0 aromatic rings. The summed E-state index contributed by atoms with van der Waals surface area (Å²) in [6, 6.07) is 0.724. The molecular weight excluding hydrogens is 226 g/mol. The zero-order valence-corrected chi connectivity index (χ0v) is 12.4. The van der Waals surface area contributed by atoms with Crippen molar-refractivity contribution in [1.82, 2.24) is 15.5 Å². The summed E-state index contributed by atoms with van der Waals surface area (Å²) in [5, 5.41) is 6.75. The molecule has 4 nitrogen and oxygen atoms in total. The molecule has 0 radical (unpaired) electrons. The third-order valence-corrected chi connectivity index (χ3v) is 3.52. The van der Waals surface area contributed by atoms with Gasteiger partial charge in [0.2, 0.25) is 0 Å². The van der Waals surface area contributed by atoms with Crippen molar-refractivity contribution in [2.45, 2.75) is 32.7 Å². The molecule has 0 atom stereocenters. The fraction of sp³-hybridized carbons (Fsp3) is 1.00. The molecule has 1 aliphatic heterocycles. The zero-order chi connectivity index (χ0) is 13.2. The summed E-state index contributed by atoms with van der Waals surface area (Å²) in [6.07, 6.45) is 2.54. The first-order valence-electron chi connectivity index (χ1n) is 7.40. The molecule has 108 valence electrons. The quantitative estimate of drug-likeness (QED) is 0.603. The third-order valence-electron chi connectivity index (χ3n) is 3.52. The maximum absolute atomic E-state index is 5.65. The zero-order valence-electron chi connectivity index (χ0n) is 12.4. The maximum Gasteiger partial charge on any atom is 0.0594 e. The average Bonchev–Trinajstić information content (AvgIpc) is 2.38. The highest BCUT2D eigenvalue weighted by Crippen LogP contribution is 2.08. The minimum atomic E-state index is 0.721. The molecule has 0 bridgehead atoms. The summed E-state index contributed by atoms with van der Waals surface area (Å²) in [7, 11) is 2.06. The average molecular weight is 257 g/mol. The molecule has 0 aromatic carbocycles. The number of piperidine rings is 1. The number of likely N-dealkylation sites (tertiary alicyclic amines) is 1. The summed E-state index contributed by atoms with van der Waals surface area (Å²) in [5.41, 5.74) is 0. The van der Waals surface area contributed by atoms with E-state index in [1.165, 1.54) is 25.9 Å². The monoisotopic (exact) mass is 257 g/mol. The fourth-order valence-electron chi connectivity index (χ4n) is 2.28. The molecule has 0 saturated carbocycles. The van der Waals surface area contributed by atoms with E-state index in [1.807, 2.05) is 0 Å². The lowest BCUT2D eigenvalue weighted by atomic mass is 10.1. The van der Waals surface area contributed by atoms with Crippen LogP contribution in [0.5, 0.6) is 0 Å². The Morgan fingerprint density at radius 2 is 1.94 bits per heavy atom. The predicted octanol–water partition coefficient (Wildman–Crippen LogP) is 0.932. The van der Waals surface area contributed by atoms with E-state index in [0.29, 0.717) is 0 Å². The molecule has 0 unspecified atom stereocenters. The molecule has 1 heterocycles. The summed E-state index contributed by atoms with van der Waals surface area (Å²) < 4.78 is 5.65. The number of ether oxygens (including phenoxy) is 1. The first-order chi connectivity index (χ1) is 8.72. The van der Waals surface area contributed by atoms with Gasteiger partial charge >= 0.3 is 0 Å². The highest BCUT2D eigenvalue weighted by molar-refractivity contribution is 4.75. The molecule has 1 rings (SSSR count). The van der Waals surface area contributed by atoms with Gasteiger partial charge in [-0.3, -0.25) is 0 Å². The molecule has 2 N–H and O–H groups in total. The summed E-state index contributed by atoms with van der Waals surface area (Å²) in [4.78, 5) is 2.51. The fourth-order valence-corrected chi connectivity index (χ4v) is 2.28. The van der Waals surface area contributed by atoms with Crippen LogP contribution < -0.4 is 10.6 Å². The van der Waals surface area contributed by atoms with Gasteiger partial charge in [-0.1, -0.05) is 13.8 Å². The SMILES string of the molecule is CNC1CCN(CCOCCNCC(C)C)CC1. The van der Waals surface area contributed by atoms with Crippen molar-refractivity contribution in [3.8, 4) is 0 Å². The molecular formula is C14H31N3O.